The quantitative estimate of drug-likeness (QED) is 0.592. The molecule has 0 heterocycles. The van der Waals surface area contributed by atoms with Crippen molar-refractivity contribution in [1.82, 2.24) is 5.32 Å². The lowest BCUT2D eigenvalue weighted by molar-refractivity contribution is -0.117. The molecule has 3 nitrogen and oxygen atoms in total. The number of hydrogen-bond donors (Lipinski definition) is 2. The van der Waals surface area contributed by atoms with Crippen LogP contribution in [0, 0.1) is 0 Å². The Morgan fingerprint density at radius 1 is 1.42 bits per heavy atom. The lowest BCUT2D eigenvalue weighted by Gasteiger charge is -2.04. The van der Waals surface area contributed by atoms with Crippen LogP contribution in [0.4, 0.5) is 0 Å². The number of rotatable bonds is 2. The van der Waals surface area contributed by atoms with Crippen LogP contribution in [0.3, 0.4) is 0 Å². The highest BCUT2D eigenvalue weighted by Gasteiger charge is 2.34. The Kier molecular flexibility index (Phi) is 2.52. The van der Waals surface area contributed by atoms with Gasteiger partial charge in [-0.1, -0.05) is 5.57 Å². The minimum Gasteiger partial charge on any atom is -0.348 e. The van der Waals surface area contributed by atoms with Crippen molar-refractivity contribution in [3.8, 4) is 0 Å². The van der Waals surface area contributed by atoms with Gasteiger partial charge in [-0.2, -0.15) is 0 Å². The topological polar surface area (TPSA) is 55.1 Å². The van der Waals surface area contributed by atoms with E-state index in [1.165, 1.54) is 0 Å². The first-order valence-corrected chi connectivity index (χ1v) is 4.23. The summed E-state index contributed by atoms with van der Waals surface area (Å²) in [5.41, 5.74) is 7.42. The number of nitrogens with one attached hydrogen (secondary N) is 1. The fourth-order valence-corrected chi connectivity index (χ4v) is 0.884. The second-order valence-corrected chi connectivity index (χ2v) is 3.60. The van der Waals surface area contributed by atoms with E-state index in [0.717, 1.165) is 17.6 Å². The van der Waals surface area contributed by atoms with Gasteiger partial charge in [0, 0.05) is 17.7 Å². The van der Waals surface area contributed by atoms with Crippen molar-refractivity contribution in [3.05, 3.63) is 11.1 Å². The van der Waals surface area contributed by atoms with Crippen molar-refractivity contribution < 1.29 is 4.79 Å². The molecule has 1 saturated carbocycles. The molecule has 12 heavy (non-hydrogen) atoms. The van der Waals surface area contributed by atoms with E-state index in [1.807, 2.05) is 20.8 Å². The largest absolute Gasteiger partial charge is 0.348 e. The van der Waals surface area contributed by atoms with Crippen molar-refractivity contribution in [2.75, 3.05) is 0 Å². The van der Waals surface area contributed by atoms with Gasteiger partial charge in [0.2, 0.25) is 5.91 Å². The van der Waals surface area contributed by atoms with E-state index in [2.05, 4.69) is 5.32 Å². The Morgan fingerprint density at radius 2 is 1.92 bits per heavy atom. The van der Waals surface area contributed by atoms with Crippen LogP contribution in [-0.2, 0) is 4.79 Å². The summed E-state index contributed by atoms with van der Waals surface area (Å²) in [7, 11) is 0. The second-order valence-electron chi connectivity index (χ2n) is 3.60. The molecule has 2 unspecified atom stereocenters. The van der Waals surface area contributed by atoms with Gasteiger partial charge in [0.15, 0.2) is 0 Å². The van der Waals surface area contributed by atoms with Gasteiger partial charge in [-0.3, -0.25) is 4.79 Å². The second kappa shape index (κ2) is 3.27. The number of amides is 1. The van der Waals surface area contributed by atoms with Crippen molar-refractivity contribution in [3.63, 3.8) is 0 Å². The van der Waals surface area contributed by atoms with Gasteiger partial charge in [-0.25, -0.2) is 0 Å². The van der Waals surface area contributed by atoms with Crippen LogP contribution < -0.4 is 11.1 Å². The Labute approximate surface area is 73.0 Å². The average molecular weight is 168 g/mol. The third-order valence-corrected chi connectivity index (χ3v) is 2.25. The molecule has 1 rings (SSSR count). The predicted molar refractivity (Wildman–Crippen MR) is 48.6 cm³/mol. The van der Waals surface area contributed by atoms with Crippen LogP contribution in [0.25, 0.3) is 0 Å². The number of nitrogens with two attached hydrogens (primary N) is 1. The van der Waals surface area contributed by atoms with Crippen LogP contribution in [0.1, 0.15) is 27.2 Å². The minimum atomic E-state index is 0.0213. The molecular formula is C9H16N2O. The molecule has 0 aliphatic heterocycles. The zero-order chi connectivity index (χ0) is 9.30. The van der Waals surface area contributed by atoms with E-state index in [-0.39, 0.29) is 18.0 Å². The summed E-state index contributed by atoms with van der Waals surface area (Å²) in [5, 5.41) is 2.86. The smallest absolute Gasteiger partial charge is 0.247 e. The van der Waals surface area contributed by atoms with Gasteiger partial charge in [-0.05, 0) is 27.2 Å². The van der Waals surface area contributed by atoms with E-state index >= 15 is 0 Å². The Balaban J connectivity index is 2.44. The van der Waals surface area contributed by atoms with Crippen LogP contribution in [0.15, 0.2) is 11.1 Å². The molecule has 1 amide bonds. The zero-order valence-corrected chi connectivity index (χ0v) is 7.85. The minimum absolute atomic E-state index is 0.0213. The van der Waals surface area contributed by atoms with E-state index in [4.69, 9.17) is 5.73 Å². The molecule has 0 spiro atoms. The summed E-state index contributed by atoms with van der Waals surface area (Å²) >= 11 is 0. The van der Waals surface area contributed by atoms with Crippen molar-refractivity contribution in [2.45, 2.75) is 39.3 Å². The van der Waals surface area contributed by atoms with E-state index in [1.54, 1.807) is 0 Å². The lowest BCUT2D eigenvalue weighted by Crippen LogP contribution is -2.30. The SMILES string of the molecule is CC(C)=C(C)C(=O)NC1CC1N. The summed E-state index contributed by atoms with van der Waals surface area (Å²) in [6.45, 7) is 5.70. The Morgan fingerprint density at radius 3 is 2.25 bits per heavy atom. The molecule has 0 radical (unpaired) electrons. The monoisotopic (exact) mass is 168 g/mol. The van der Waals surface area contributed by atoms with Crippen molar-refractivity contribution >= 4 is 5.91 Å². The third-order valence-electron chi connectivity index (χ3n) is 2.25. The molecule has 68 valence electrons. The summed E-state index contributed by atoms with van der Waals surface area (Å²) in [4.78, 5) is 11.4. The number of carbonyl (C=O) groups is 1. The Bertz CT molecular complexity index is 229. The standard InChI is InChI=1S/C9H16N2O/c1-5(2)6(3)9(12)11-8-4-7(8)10/h7-8H,4,10H2,1-3H3,(H,11,12). The number of allylic oxidation sites excluding steroid dienone is 1. The first kappa shape index (κ1) is 9.26. The maximum absolute atomic E-state index is 11.4. The third kappa shape index (κ3) is 2.08. The average Bonchev–Trinajstić information content (AvgIpc) is 2.64. The van der Waals surface area contributed by atoms with Crippen LogP contribution in [0.2, 0.25) is 0 Å². The molecule has 3 heteroatoms. The molecule has 1 fully saturated rings. The van der Waals surface area contributed by atoms with Crippen LogP contribution in [0.5, 0.6) is 0 Å². The molecule has 2 atom stereocenters. The van der Waals surface area contributed by atoms with Gasteiger partial charge >= 0.3 is 0 Å². The summed E-state index contributed by atoms with van der Waals surface area (Å²) in [6, 6.07) is 0.394. The molecule has 0 aromatic carbocycles. The zero-order valence-electron chi connectivity index (χ0n) is 7.85. The number of hydrogen-bond acceptors (Lipinski definition) is 2. The van der Waals surface area contributed by atoms with E-state index in [9.17, 15) is 4.79 Å². The maximum atomic E-state index is 11.4. The van der Waals surface area contributed by atoms with Crippen LogP contribution in [-0.4, -0.2) is 18.0 Å². The summed E-state index contributed by atoms with van der Waals surface area (Å²) in [5.74, 6) is 0.0213. The Hall–Kier alpha value is -0.830. The van der Waals surface area contributed by atoms with Crippen LogP contribution >= 0.6 is 0 Å². The van der Waals surface area contributed by atoms with Gasteiger partial charge in [0.25, 0.3) is 0 Å². The molecule has 1 aliphatic carbocycles. The predicted octanol–water partition coefficient (Wildman–Crippen LogP) is 0.559. The first-order chi connectivity index (χ1) is 5.52. The van der Waals surface area contributed by atoms with Gasteiger partial charge in [0.05, 0.1) is 0 Å². The highest BCUT2D eigenvalue weighted by Crippen LogP contribution is 2.18. The fourth-order valence-electron chi connectivity index (χ4n) is 0.884. The molecule has 1 aliphatic rings. The first-order valence-electron chi connectivity index (χ1n) is 4.23. The van der Waals surface area contributed by atoms with Crippen molar-refractivity contribution in [1.29, 1.82) is 0 Å². The molecular weight excluding hydrogens is 152 g/mol. The van der Waals surface area contributed by atoms with E-state index < -0.39 is 0 Å². The maximum Gasteiger partial charge on any atom is 0.247 e. The molecule has 0 bridgehead atoms. The molecule has 3 N–H and O–H groups in total. The normalized spacial score (nSPS) is 26.3. The number of carbonyl (C=O) groups excluding carboxylic acids is 1. The highest BCUT2D eigenvalue weighted by atomic mass is 16.1. The highest BCUT2D eigenvalue weighted by molar-refractivity contribution is 5.93. The van der Waals surface area contributed by atoms with Gasteiger partial charge < -0.3 is 11.1 Å². The molecule has 0 aromatic heterocycles. The van der Waals surface area contributed by atoms with E-state index in [0.29, 0.717) is 0 Å². The molecule has 0 aromatic rings. The van der Waals surface area contributed by atoms with Gasteiger partial charge in [0.1, 0.15) is 0 Å². The summed E-state index contributed by atoms with van der Waals surface area (Å²) < 4.78 is 0. The fraction of sp³-hybridized carbons (Fsp3) is 0.667. The molecule has 0 saturated heterocycles. The van der Waals surface area contributed by atoms with Gasteiger partial charge in [-0.15, -0.1) is 0 Å². The summed E-state index contributed by atoms with van der Waals surface area (Å²) in [6.07, 6.45) is 0.918. The lowest BCUT2D eigenvalue weighted by atomic mass is 10.1. The van der Waals surface area contributed by atoms with Crippen molar-refractivity contribution in [2.24, 2.45) is 5.73 Å².